The number of carbonyl (C=O) groups excluding carboxylic acids is 2. The molecule has 1 atom stereocenters. The molecule has 0 unspecified atom stereocenters. The zero-order valence-electron chi connectivity index (χ0n) is 13.7. The number of oxazole rings is 1. The number of hydrogen-bond donors (Lipinski definition) is 1. The Morgan fingerprint density at radius 3 is 2.57 bits per heavy atom. The molecular formula is C17H23N3O3. The fourth-order valence-corrected chi connectivity index (χ4v) is 3.92. The van der Waals surface area contributed by atoms with E-state index in [9.17, 15) is 9.59 Å². The fraction of sp³-hybridized carbons (Fsp3) is 0.706. The maximum absolute atomic E-state index is 12.7. The Morgan fingerprint density at radius 2 is 2.00 bits per heavy atom. The lowest BCUT2D eigenvalue weighted by molar-refractivity contribution is -0.146. The monoisotopic (exact) mass is 317 g/mol. The minimum absolute atomic E-state index is 0.0280. The molecule has 23 heavy (non-hydrogen) atoms. The van der Waals surface area contributed by atoms with E-state index in [-0.39, 0.29) is 23.3 Å². The Bertz CT molecular complexity index is 639. The molecule has 0 spiro atoms. The minimum atomic E-state index is -0.277. The second-order valence-corrected chi connectivity index (χ2v) is 7.64. The molecule has 1 N–H and O–H groups in total. The Kier molecular flexibility index (Phi) is 3.25. The Labute approximate surface area is 135 Å². The van der Waals surface area contributed by atoms with Crippen LogP contribution in [0.15, 0.2) is 10.8 Å². The molecule has 0 aromatic carbocycles. The Hall–Kier alpha value is -1.85. The SMILES string of the molecule is CC1(C)C(=O)N[C@H]1C1CCN(C(=O)c2ocnc2C2CC2)CC1. The molecule has 2 saturated heterocycles. The summed E-state index contributed by atoms with van der Waals surface area (Å²) in [5, 5.41) is 3.04. The third-order valence-corrected chi connectivity index (χ3v) is 5.70. The molecule has 6 heteroatoms. The van der Waals surface area contributed by atoms with Crippen LogP contribution in [0.5, 0.6) is 0 Å². The van der Waals surface area contributed by atoms with Crippen LogP contribution in [0.4, 0.5) is 0 Å². The van der Waals surface area contributed by atoms with Gasteiger partial charge in [0.1, 0.15) is 0 Å². The average molecular weight is 317 g/mol. The molecule has 0 bridgehead atoms. The number of hydrogen-bond acceptors (Lipinski definition) is 4. The van der Waals surface area contributed by atoms with Crippen molar-refractivity contribution < 1.29 is 14.0 Å². The number of piperidine rings is 1. The van der Waals surface area contributed by atoms with Crippen LogP contribution in [0.3, 0.4) is 0 Å². The van der Waals surface area contributed by atoms with Gasteiger partial charge in [-0.2, -0.15) is 0 Å². The minimum Gasteiger partial charge on any atom is -0.438 e. The van der Waals surface area contributed by atoms with Crippen LogP contribution in [0.1, 0.15) is 61.7 Å². The third-order valence-electron chi connectivity index (χ3n) is 5.70. The number of nitrogens with zero attached hydrogens (tertiary/aromatic N) is 2. The quantitative estimate of drug-likeness (QED) is 0.864. The number of carbonyl (C=O) groups is 2. The first-order valence-corrected chi connectivity index (χ1v) is 8.52. The van der Waals surface area contributed by atoms with Crippen LogP contribution in [0.25, 0.3) is 0 Å². The lowest BCUT2D eigenvalue weighted by atomic mass is 9.68. The van der Waals surface area contributed by atoms with Crippen molar-refractivity contribution in [2.75, 3.05) is 13.1 Å². The first kappa shape index (κ1) is 14.7. The highest BCUT2D eigenvalue weighted by molar-refractivity contribution is 5.93. The molecule has 3 fully saturated rings. The van der Waals surface area contributed by atoms with Crippen LogP contribution < -0.4 is 5.32 Å². The van der Waals surface area contributed by atoms with E-state index >= 15 is 0 Å². The van der Waals surface area contributed by atoms with E-state index in [2.05, 4.69) is 10.3 Å². The first-order chi connectivity index (χ1) is 11.0. The van der Waals surface area contributed by atoms with Crippen LogP contribution in [-0.2, 0) is 4.79 Å². The summed E-state index contributed by atoms with van der Waals surface area (Å²) in [4.78, 5) is 30.4. The fourth-order valence-electron chi connectivity index (χ4n) is 3.92. The van der Waals surface area contributed by atoms with Crippen molar-refractivity contribution >= 4 is 11.8 Å². The van der Waals surface area contributed by atoms with Crippen LogP contribution >= 0.6 is 0 Å². The van der Waals surface area contributed by atoms with Crippen molar-refractivity contribution in [2.45, 2.75) is 51.5 Å². The molecule has 1 aromatic rings. The summed E-state index contributed by atoms with van der Waals surface area (Å²) in [6, 6.07) is 0.236. The van der Waals surface area contributed by atoms with Crippen molar-refractivity contribution in [3.05, 3.63) is 17.8 Å². The predicted molar refractivity (Wildman–Crippen MR) is 82.8 cm³/mol. The molecule has 2 amide bonds. The number of aromatic nitrogens is 1. The van der Waals surface area contributed by atoms with E-state index in [1.54, 1.807) is 0 Å². The summed E-state index contributed by atoms with van der Waals surface area (Å²) in [5.74, 6) is 1.40. The van der Waals surface area contributed by atoms with Crippen molar-refractivity contribution in [3.8, 4) is 0 Å². The van der Waals surface area contributed by atoms with Gasteiger partial charge in [-0.15, -0.1) is 0 Å². The summed E-state index contributed by atoms with van der Waals surface area (Å²) in [5.41, 5.74) is 0.561. The van der Waals surface area contributed by atoms with Gasteiger partial charge in [0.05, 0.1) is 11.1 Å². The molecule has 4 rings (SSSR count). The van der Waals surface area contributed by atoms with Crippen molar-refractivity contribution in [1.29, 1.82) is 0 Å². The van der Waals surface area contributed by atoms with Gasteiger partial charge in [0.2, 0.25) is 11.7 Å². The molecule has 1 aromatic heterocycles. The molecule has 6 nitrogen and oxygen atoms in total. The lowest BCUT2D eigenvalue weighted by Gasteiger charge is -2.50. The Morgan fingerprint density at radius 1 is 1.30 bits per heavy atom. The average Bonchev–Trinajstić information content (AvgIpc) is 3.29. The van der Waals surface area contributed by atoms with E-state index in [0.717, 1.165) is 44.5 Å². The van der Waals surface area contributed by atoms with E-state index < -0.39 is 0 Å². The first-order valence-electron chi connectivity index (χ1n) is 8.52. The molecule has 124 valence electrons. The summed E-state index contributed by atoms with van der Waals surface area (Å²) >= 11 is 0. The van der Waals surface area contributed by atoms with Crippen molar-refractivity contribution in [1.82, 2.24) is 15.2 Å². The molecule has 1 saturated carbocycles. The number of amides is 2. The normalized spacial score (nSPS) is 27.5. The van der Waals surface area contributed by atoms with Crippen molar-refractivity contribution in [2.24, 2.45) is 11.3 Å². The van der Waals surface area contributed by atoms with E-state index in [1.165, 1.54) is 6.39 Å². The van der Waals surface area contributed by atoms with E-state index in [0.29, 0.717) is 17.6 Å². The van der Waals surface area contributed by atoms with Crippen LogP contribution in [0, 0.1) is 11.3 Å². The van der Waals surface area contributed by atoms with Gasteiger partial charge in [-0.05, 0) is 45.4 Å². The number of rotatable bonds is 3. The van der Waals surface area contributed by atoms with Gasteiger partial charge >= 0.3 is 0 Å². The number of nitrogens with one attached hydrogen (secondary N) is 1. The van der Waals surface area contributed by atoms with E-state index in [1.807, 2.05) is 18.7 Å². The zero-order valence-corrected chi connectivity index (χ0v) is 13.7. The topological polar surface area (TPSA) is 75.4 Å². The van der Waals surface area contributed by atoms with Gasteiger partial charge < -0.3 is 14.6 Å². The second-order valence-electron chi connectivity index (χ2n) is 7.64. The van der Waals surface area contributed by atoms with Crippen molar-refractivity contribution in [3.63, 3.8) is 0 Å². The van der Waals surface area contributed by atoms with E-state index in [4.69, 9.17) is 4.42 Å². The van der Waals surface area contributed by atoms with Gasteiger partial charge in [0.25, 0.3) is 5.91 Å². The van der Waals surface area contributed by atoms with Gasteiger partial charge in [-0.25, -0.2) is 4.98 Å². The molecule has 2 aliphatic heterocycles. The third kappa shape index (κ3) is 2.35. The van der Waals surface area contributed by atoms with Gasteiger partial charge in [0.15, 0.2) is 6.39 Å². The summed E-state index contributed by atoms with van der Waals surface area (Å²) in [7, 11) is 0. The molecule has 3 aliphatic rings. The highest BCUT2D eigenvalue weighted by atomic mass is 16.3. The molecular weight excluding hydrogens is 294 g/mol. The van der Waals surface area contributed by atoms with Crippen LogP contribution in [0.2, 0.25) is 0 Å². The molecule has 1 aliphatic carbocycles. The lowest BCUT2D eigenvalue weighted by Crippen LogP contribution is -2.68. The predicted octanol–water partition coefficient (Wildman–Crippen LogP) is 1.93. The van der Waals surface area contributed by atoms with Gasteiger partial charge in [-0.1, -0.05) is 0 Å². The number of β-lactam (4-membered cyclic amide) rings is 1. The summed E-state index contributed by atoms with van der Waals surface area (Å²) < 4.78 is 5.38. The summed E-state index contributed by atoms with van der Waals surface area (Å²) in [6.07, 6.45) is 5.44. The Balaban J connectivity index is 1.39. The maximum Gasteiger partial charge on any atom is 0.291 e. The largest absolute Gasteiger partial charge is 0.438 e. The van der Waals surface area contributed by atoms with Gasteiger partial charge in [-0.3, -0.25) is 9.59 Å². The van der Waals surface area contributed by atoms with Crippen LogP contribution in [-0.4, -0.2) is 40.8 Å². The highest BCUT2D eigenvalue weighted by Gasteiger charge is 2.51. The maximum atomic E-state index is 12.7. The zero-order chi connectivity index (χ0) is 16.2. The smallest absolute Gasteiger partial charge is 0.291 e. The molecule has 0 radical (unpaired) electrons. The number of likely N-dealkylation sites (tertiary alicyclic amines) is 1. The summed E-state index contributed by atoms with van der Waals surface area (Å²) in [6.45, 7) is 5.45. The highest BCUT2D eigenvalue weighted by Crippen LogP contribution is 2.42. The van der Waals surface area contributed by atoms with Gasteiger partial charge in [0, 0.05) is 25.0 Å². The second kappa shape index (κ2) is 5.08. The molecule has 3 heterocycles. The standard InChI is InChI=1S/C17H23N3O3/c1-17(2)14(19-16(17)22)11-5-7-20(8-6-11)15(21)13-12(10-3-4-10)18-9-23-13/h9-11,14H,3-8H2,1-2H3,(H,19,22)/t14-/m0/s1.